The van der Waals surface area contributed by atoms with Crippen molar-refractivity contribution >= 4 is 69.4 Å². The first kappa shape index (κ1) is 15.2. The maximum Gasteiger partial charge on any atom is 0.381 e. The number of halogens is 4. The maximum absolute atomic E-state index is 6.26. The molecule has 1 aromatic carbocycles. The summed E-state index contributed by atoms with van der Waals surface area (Å²) >= 11 is 25.1. The average Bonchev–Trinajstić information content (AvgIpc) is 3.22. The zero-order chi connectivity index (χ0) is 14.4. The first-order valence-electron chi connectivity index (χ1n) is 6.02. The van der Waals surface area contributed by atoms with Crippen molar-refractivity contribution in [1.82, 2.24) is 0 Å². The van der Waals surface area contributed by atoms with Gasteiger partial charge in [0.15, 0.2) is 0 Å². The van der Waals surface area contributed by atoms with Gasteiger partial charge in [-0.15, -0.1) is 44.3 Å². The Morgan fingerprint density at radius 1 is 0.800 bits per heavy atom. The first-order valence-corrected chi connectivity index (χ1v) is 14.2. The molecule has 0 bridgehead atoms. The van der Waals surface area contributed by atoms with E-state index in [1.165, 1.54) is 0 Å². The largest absolute Gasteiger partial charge is 0.386 e. The molecule has 0 saturated carbocycles. The zero-order valence-electron chi connectivity index (χ0n) is 10.2. The van der Waals surface area contributed by atoms with Crippen molar-refractivity contribution in [2.75, 3.05) is 23.2 Å². The van der Waals surface area contributed by atoms with Crippen LogP contribution in [0.3, 0.4) is 0 Å². The minimum Gasteiger partial charge on any atom is -0.386 e. The average molecular weight is 390 g/mol. The van der Waals surface area contributed by atoms with Gasteiger partial charge in [-0.3, -0.25) is 0 Å². The van der Waals surface area contributed by atoms with Crippen LogP contribution < -0.4 is 9.96 Å². The zero-order valence-corrected chi connectivity index (χ0v) is 15.2. The Bertz CT molecular complexity index is 450. The van der Waals surface area contributed by atoms with Gasteiger partial charge in [-0.25, -0.2) is 0 Å². The van der Waals surface area contributed by atoms with Gasteiger partial charge in [-0.05, 0) is 24.3 Å². The number of anilines is 2. The van der Waals surface area contributed by atoms with Gasteiger partial charge in [0.1, 0.15) is 11.5 Å². The van der Waals surface area contributed by atoms with Gasteiger partial charge < -0.3 is 19.4 Å². The number of rotatable bonds is 6. The van der Waals surface area contributed by atoms with Crippen molar-refractivity contribution in [3.05, 3.63) is 24.3 Å². The Morgan fingerprint density at radius 3 is 1.35 bits per heavy atom. The molecule has 0 aromatic heterocycles. The van der Waals surface area contributed by atoms with Crippen LogP contribution >= 0.6 is 44.3 Å². The number of ether oxygens (including phenoxy) is 2. The van der Waals surface area contributed by atoms with Crippen LogP contribution in [0.15, 0.2) is 24.3 Å². The summed E-state index contributed by atoms with van der Waals surface area (Å²) in [7, 11) is 0. The van der Waals surface area contributed by atoms with Gasteiger partial charge in [0.25, 0.3) is 0 Å². The lowest BCUT2D eigenvalue weighted by Crippen LogP contribution is -2.39. The topological polar surface area (TPSA) is 49.1 Å². The van der Waals surface area contributed by atoms with E-state index in [9.17, 15) is 0 Å². The first-order chi connectivity index (χ1) is 9.37. The van der Waals surface area contributed by atoms with Gasteiger partial charge in [-0.1, -0.05) is 0 Å². The summed E-state index contributed by atoms with van der Waals surface area (Å²) in [6.07, 6.45) is 0. The highest BCUT2D eigenvalue weighted by Crippen LogP contribution is 2.33. The van der Waals surface area contributed by atoms with Crippen LogP contribution in [-0.4, -0.2) is 38.4 Å². The molecule has 2 aliphatic heterocycles. The maximum atomic E-state index is 6.26. The summed E-state index contributed by atoms with van der Waals surface area (Å²) in [6.45, 7) is -3.94. The molecular weight excluding hydrogens is 378 g/mol. The van der Waals surface area contributed by atoms with E-state index in [0.29, 0.717) is 13.2 Å². The van der Waals surface area contributed by atoms with Gasteiger partial charge in [0.05, 0.1) is 13.2 Å². The number of benzene rings is 1. The Kier molecular flexibility index (Phi) is 4.20. The lowest BCUT2D eigenvalue weighted by Gasteiger charge is -2.19. The summed E-state index contributed by atoms with van der Waals surface area (Å²) in [5.74, 6) is 0. The summed E-state index contributed by atoms with van der Waals surface area (Å²) in [4.78, 5) is 6.29. The summed E-state index contributed by atoms with van der Waals surface area (Å²) in [6, 6.07) is 7.51. The van der Waals surface area contributed by atoms with Crippen LogP contribution in [-0.2, 0) is 9.47 Å². The van der Waals surface area contributed by atoms with Gasteiger partial charge in [0, 0.05) is 11.4 Å². The Balaban J connectivity index is 1.62. The van der Waals surface area contributed by atoms with Crippen LogP contribution in [0.5, 0.6) is 0 Å². The highest BCUT2D eigenvalue weighted by molar-refractivity contribution is 7.47. The molecule has 3 rings (SSSR count). The molecule has 2 saturated heterocycles. The molecule has 20 heavy (non-hydrogen) atoms. The normalized spacial score (nSPS) is 25.2. The Morgan fingerprint density at radius 2 is 1.10 bits per heavy atom. The van der Waals surface area contributed by atoms with E-state index in [2.05, 4.69) is 9.96 Å². The second kappa shape index (κ2) is 5.51. The van der Waals surface area contributed by atoms with Crippen LogP contribution in [0.4, 0.5) is 11.4 Å². The number of nitrogens with one attached hydrogen (secondary N) is 2. The third-order valence-corrected chi connectivity index (χ3v) is 10.6. The Labute approximate surface area is 137 Å². The monoisotopic (exact) mass is 388 g/mol. The molecule has 2 atom stereocenters. The van der Waals surface area contributed by atoms with Crippen molar-refractivity contribution in [2.24, 2.45) is 0 Å². The van der Waals surface area contributed by atoms with Crippen LogP contribution in [0, 0.1) is 0 Å². The second-order valence-electron chi connectivity index (χ2n) is 4.72. The molecule has 2 unspecified atom stereocenters. The molecule has 0 aliphatic carbocycles. The fourth-order valence-electron chi connectivity index (χ4n) is 1.70. The highest BCUT2D eigenvalue weighted by Gasteiger charge is 2.49. The quantitative estimate of drug-likeness (QED) is 0.445. The molecule has 1 aromatic rings. The number of hydrogen-bond acceptors (Lipinski definition) is 4. The van der Waals surface area contributed by atoms with Crippen LogP contribution in [0.25, 0.3) is 0 Å². The predicted octanol–water partition coefficient (Wildman–Crippen LogP) is 3.22. The van der Waals surface area contributed by atoms with E-state index in [4.69, 9.17) is 53.8 Å². The SMILES string of the molecule is Cl[Si](Cl)(Nc1ccc(N[Si](Cl)(Cl)C2CO2)cc1)C1CO1. The number of hydrogen-bond donors (Lipinski definition) is 2. The van der Waals surface area contributed by atoms with Crippen molar-refractivity contribution < 1.29 is 9.47 Å². The van der Waals surface area contributed by atoms with E-state index >= 15 is 0 Å². The van der Waals surface area contributed by atoms with Crippen molar-refractivity contribution in [3.8, 4) is 0 Å². The lowest BCUT2D eigenvalue weighted by molar-refractivity contribution is 0.453. The fourth-order valence-corrected chi connectivity index (χ4v) is 6.97. The molecule has 10 heteroatoms. The van der Waals surface area contributed by atoms with E-state index in [0.717, 1.165) is 11.4 Å². The van der Waals surface area contributed by atoms with Crippen molar-refractivity contribution in [3.63, 3.8) is 0 Å². The molecule has 0 radical (unpaired) electrons. The smallest absolute Gasteiger partial charge is 0.381 e. The molecule has 2 aliphatic rings. The van der Waals surface area contributed by atoms with Gasteiger partial charge in [0.2, 0.25) is 0 Å². The van der Waals surface area contributed by atoms with Crippen molar-refractivity contribution in [2.45, 2.75) is 11.5 Å². The fraction of sp³-hybridized carbons (Fsp3) is 0.400. The highest BCUT2D eigenvalue weighted by atomic mass is 35.7. The molecular formula is C10H12Cl4N2O2Si2. The third kappa shape index (κ3) is 3.75. The minimum absolute atomic E-state index is 0.0404. The van der Waals surface area contributed by atoms with Crippen LogP contribution in [0.1, 0.15) is 0 Å². The molecule has 0 amide bonds. The lowest BCUT2D eigenvalue weighted by atomic mass is 10.3. The van der Waals surface area contributed by atoms with E-state index < -0.39 is 13.7 Å². The van der Waals surface area contributed by atoms with E-state index in [-0.39, 0.29) is 11.5 Å². The minimum atomic E-state index is -2.59. The predicted molar refractivity (Wildman–Crippen MR) is 88.1 cm³/mol. The van der Waals surface area contributed by atoms with Gasteiger partial charge >= 0.3 is 13.7 Å². The van der Waals surface area contributed by atoms with E-state index in [1.54, 1.807) is 0 Å². The molecule has 0 spiro atoms. The molecule has 4 nitrogen and oxygen atoms in total. The second-order valence-corrected chi connectivity index (χ2v) is 17.3. The summed E-state index contributed by atoms with van der Waals surface area (Å²) in [5.41, 5.74) is 1.62. The van der Waals surface area contributed by atoms with Gasteiger partial charge in [-0.2, -0.15) is 0 Å². The molecule has 2 heterocycles. The standard InChI is InChI=1S/C10H12Cl4N2O2Si2/c11-19(12,9-5-17-9)15-7-1-2-8(4-3-7)16-20(13,14)10-6-18-10/h1-4,9-10,15-16H,5-6H2. The third-order valence-electron chi connectivity index (χ3n) is 2.98. The van der Waals surface area contributed by atoms with Crippen LogP contribution in [0.2, 0.25) is 0 Å². The van der Waals surface area contributed by atoms with E-state index in [1.807, 2.05) is 24.3 Å². The Hall–Kier alpha value is 0.334. The summed E-state index contributed by atoms with van der Waals surface area (Å²) < 4.78 is 10.3. The molecule has 110 valence electrons. The number of epoxide rings is 2. The summed E-state index contributed by atoms with van der Waals surface area (Å²) in [5, 5.41) is 0. The van der Waals surface area contributed by atoms with Crippen molar-refractivity contribution in [1.29, 1.82) is 0 Å². The molecule has 2 N–H and O–H groups in total. The molecule has 2 fully saturated rings.